The molecule has 29 heavy (non-hydrogen) atoms. The molecule has 3 rings (SSSR count). The Bertz CT molecular complexity index is 890. The van der Waals surface area contributed by atoms with Crippen LogP contribution in [-0.4, -0.2) is 67.9 Å². The summed E-state index contributed by atoms with van der Waals surface area (Å²) in [6.07, 6.45) is 4.20. The van der Waals surface area contributed by atoms with Gasteiger partial charge in [0, 0.05) is 37.8 Å². The maximum absolute atomic E-state index is 13.9. The average molecular weight is 426 g/mol. The molecule has 0 spiro atoms. The minimum Gasteiger partial charge on any atom is -0.354 e. The predicted molar refractivity (Wildman–Crippen MR) is 107 cm³/mol. The topological polar surface area (TPSA) is 86.8 Å². The molecule has 1 aliphatic carbocycles. The van der Waals surface area contributed by atoms with Gasteiger partial charge in [-0.05, 0) is 37.5 Å². The zero-order chi connectivity index (χ0) is 21.2. The molecule has 1 aromatic carbocycles. The molecular formula is C20H28FN3O4S. The summed E-state index contributed by atoms with van der Waals surface area (Å²) in [6.45, 7) is 2.43. The lowest BCUT2D eigenvalue weighted by molar-refractivity contribution is -0.127. The van der Waals surface area contributed by atoms with Gasteiger partial charge in [0.05, 0.1) is 12.2 Å². The number of hydrogen-bond acceptors (Lipinski definition) is 4. The van der Waals surface area contributed by atoms with E-state index >= 15 is 0 Å². The van der Waals surface area contributed by atoms with E-state index in [9.17, 15) is 22.4 Å². The maximum atomic E-state index is 13.9. The lowest BCUT2D eigenvalue weighted by Crippen LogP contribution is -2.55. The fourth-order valence-electron chi connectivity index (χ4n) is 4.23. The second-order valence-electron chi connectivity index (χ2n) is 7.88. The van der Waals surface area contributed by atoms with E-state index in [4.69, 9.17) is 0 Å². The van der Waals surface area contributed by atoms with Gasteiger partial charge in [-0.3, -0.25) is 9.59 Å². The number of fused-ring (bicyclic) bond motifs is 1. The van der Waals surface area contributed by atoms with Gasteiger partial charge < -0.3 is 10.2 Å². The zero-order valence-electron chi connectivity index (χ0n) is 16.9. The molecule has 7 nitrogen and oxygen atoms in total. The van der Waals surface area contributed by atoms with E-state index in [1.807, 2.05) is 0 Å². The standard InChI is InChI=1S/C20H28FN3O4S/c1-14-7-8-15(13-17(14)21)20(26)23-10-9-22-19(25)16-5-3-4-6-18(16)24(12-11-23)29(2,27)28/h7-8,13,16,18H,3-6,9-12H2,1-2H3,(H,22,25)/t16-,18+/m0/s1. The first-order chi connectivity index (χ1) is 13.7. The Morgan fingerprint density at radius 2 is 1.90 bits per heavy atom. The van der Waals surface area contributed by atoms with E-state index in [2.05, 4.69) is 5.32 Å². The van der Waals surface area contributed by atoms with Gasteiger partial charge in [-0.25, -0.2) is 12.8 Å². The van der Waals surface area contributed by atoms with Crippen LogP contribution in [-0.2, 0) is 14.8 Å². The molecule has 0 unspecified atom stereocenters. The molecule has 2 aliphatic rings. The Hall–Kier alpha value is -2.00. The Kier molecular flexibility index (Phi) is 6.58. The van der Waals surface area contributed by atoms with Crippen molar-refractivity contribution in [2.75, 3.05) is 32.4 Å². The highest BCUT2D eigenvalue weighted by Gasteiger charge is 2.39. The van der Waals surface area contributed by atoms with E-state index in [0.717, 1.165) is 19.1 Å². The maximum Gasteiger partial charge on any atom is 0.254 e. The van der Waals surface area contributed by atoms with Crippen molar-refractivity contribution in [2.45, 2.75) is 38.6 Å². The summed E-state index contributed by atoms with van der Waals surface area (Å²) < 4.78 is 40.2. The third-order valence-corrected chi connectivity index (χ3v) is 7.14. The van der Waals surface area contributed by atoms with E-state index < -0.39 is 21.9 Å². The highest BCUT2D eigenvalue weighted by molar-refractivity contribution is 7.88. The van der Waals surface area contributed by atoms with Crippen LogP contribution < -0.4 is 5.32 Å². The van der Waals surface area contributed by atoms with Gasteiger partial charge in [0.25, 0.3) is 5.91 Å². The van der Waals surface area contributed by atoms with Crippen LogP contribution in [0, 0.1) is 18.7 Å². The Morgan fingerprint density at radius 3 is 2.59 bits per heavy atom. The van der Waals surface area contributed by atoms with Crippen LogP contribution in [0.5, 0.6) is 0 Å². The Balaban J connectivity index is 1.86. The quantitative estimate of drug-likeness (QED) is 0.779. The summed E-state index contributed by atoms with van der Waals surface area (Å²) in [5.41, 5.74) is 0.652. The number of nitrogens with zero attached hydrogens (tertiary/aromatic N) is 2. The number of benzene rings is 1. The van der Waals surface area contributed by atoms with Gasteiger partial charge in [-0.15, -0.1) is 0 Å². The third kappa shape index (κ3) is 4.95. The summed E-state index contributed by atoms with van der Waals surface area (Å²) in [5, 5.41) is 2.85. The van der Waals surface area contributed by atoms with Crippen LogP contribution in [0.3, 0.4) is 0 Å². The van der Waals surface area contributed by atoms with Crippen molar-refractivity contribution in [3.05, 3.63) is 35.1 Å². The highest BCUT2D eigenvalue weighted by atomic mass is 32.2. The molecule has 1 N–H and O–H groups in total. The van der Waals surface area contributed by atoms with Crippen molar-refractivity contribution in [3.8, 4) is 0 Å². The molecule has 9 heteroatoms. The Morgan fingerprint density at radius 1 is 1.17 bits per heavy atom. The molecule has 1 aromatic rings. The number of carbonyl (C=O) groups is 2. The first-order valence-electron chi connectivity index (χ1n) is 9.98. The number of halogens is 1. The van der Waals surface area contributed by atoms with E-state index in [0.29, 0.717) is 18.4 Å². The molecule has 0 radical (unpaired) electrons. The molecule has 2 amide bonds. The number of amides is 2. The average Bonchev–Trinajstić information content (AvgIpc) is 2.67. The van der Waals surface area contributed by atoms with Crippen LogP contribution in [0.4, 0.5) is 4.39 Å². The number of aryl methyl sites for hydroxylation is 1. The number of sulfonamides is 1. The molecular weight excluding hydrogens is 397 g/mol. The number of carbonyl (C=O) groups excluding carboxylic acids is 2. The predicted octanol–water partition coefficient (Wildman–Crippen LogP) is 1.53. The summed E-state index contributed by atoms with van der Waals surface area (Å²) in [5.74, 6) is -1.38. The third-order valence-electron chi connectivity index (χ3n) is 5.84. The molecule has 0 bridgehead atoms. The SMILES string of the molecule is Cc1ccc(C(=O)N2CCNC(=O)[C@H]3CCCC[C@H]3N(S(C)(=O)=O)CC2)cc1F. The van der Waals surface area contributed by atoms with Crippen molar-refractivity contribution >= 4 is 21.8 Å². The zero-order valence-corrected chi connectivity index (χ0v) is 17.7. The van der Waals surface area contributed by atoms with Crippen molar-refractivity contribution < 1.29 is 22.4 Å². The summed E-state index contributed by atoms with van der Waals surface area (Å²) in [6, 6.07) is 3.90. The van der Waals surface area contributed by atoms with E-state index in [1.165, 1.54) is 15.3 Å². The molecule has 1 aliphatic heterocycles. The van der Waals surface area contributed by atoms with Crippen LogP contribution in [0.2, 0.25) is 0 Å². The minimum atomic E-state index is -3.56. The molecule has 1 saturated heterocycles. The molecule has 160 valence electrons. The van der Waals surface area contributed by atoms with Gasteiger partial charge in [0.2, 0.25) is 15.9 Å². The van der Waals surface area contributed by atoms with Crippen LogP contribution in [0.25, 0.3) is 0 Å². The fourth-order valence-corrected chi connectivity index (χ4v) is 5.38. The first kappa shape index (κ1) is 21.7. The normalized spacial score (nSPS) is 24.5. The molecule has 1 heterocycles. The largest absolute Gasteiger partial charge is 0.354 e. The van der Waals surface area contributed by atoms with Crippen molar-refractivity contribution in [1.29, 1.82) is 0 Å². The second kappa shape index (κ2) is 8.79. The fraction of sp³-hybridized carbons (Fsp3) is 0.600. The van der Waals surface area contributed by atoms with Gasteiger partial charge in [0.1, 0.15) is 5.82 Å². The van der Waals surface area contributed by atoms with Gasteiger partial charge in [-0.2, -0.15) is 4.31 Å². The number of nitrogens with one attached hydrogen (secondary N) is 1. The van der Waals surface area contributed by atoms with Gasteiger partial charge in [-0.1, -0.05) is 18.9 Å². The number of hydrogen-bond donors (Lipinski definition) is 1. The van der Waals surface area contributed by atoms with Crippen molar-refractivity contribution in [1.82, 2.24) is 14.5 Å². The second-order valence-corrected chi connectivity index (χ2v) is 9.81. The minimum absolute atomic E-state index is 0.118. The van der Waals surface area contributed by atoms with Crippen molar-refractivity contribution in [3.63, 3.8) is 0 Å². The Labute approximate surface area is 171 Å². The first-order valence-corrected chi connectivity index (χ1v) is 11.8. The van der Waals surface area contributed by atoms with Gasteiger partial charge in [0.15, 0.2) is 0 Å². The van der Waals surface area contributed by atoms with E-state index in [1.54, 1.807) is 19.1 Å². The molecule has 0 aromatic heterocycles. The molecule has 1 saturated carbocycles. The van der Waals surface area contributed by atoms with Crippen molar-refractivity contribution in [2.24, 2.45) is 5.92 Å². The summed E-state index contributed by atoms with van der Waals surface area (Å²) >= 11 is 0. The lowest BCUT2D eigenvalue weighted by atomic mass is 9.83. The summed E-state index contributed by atoms with van der Waals surface area (Å²) in [7, 11) is -3.56. The summed E-state index contributed by atoms with van der Waals surface area (Å²) in [4.78, 5) is 27.1. The van der Waals surface area contributed by atoms with E-state index in [-0.39, 0.29) is 49.5 Å². The van der Waals surface area contributed by atoms with Crippen LogP contribution in [0.15, 0.2) is 18.2 Å². The van der Waals surface area contributed by atoms with Crippen LogP contribution in [0.1, 0.15) is 41.6 Å². The molecule has 2 atom stereocenters. The molecule has 2 fully saturated rings. The van der Waals surface area contributed by atoms with Gasteiger partial charge >= 0.3 is 0 Å². The lowest BCUT2D eigenvalue weighted by Gasteiger charge is -2.39. The number of rotatable bonds is 2. The van der Waals surface area contributed by atoms with Crippen LogP contribution >= 0.6 is 0 Å². The monoisotopic (exact) mass is 425 g/mol. The smallest absolute Gasteiger partial charge is 0.254 e. The highest BCUT2D eigenvalue weighted by Crippen LogP contribution is 2.30.